The molecular weight excluding hydrogens is 274 g/mol. The van der Waals surface area contributed by atoms with Crippen LogP contribution in [-0.2, 0) is 4.79 Å². The number of amides is 1. The number of benzene rings is 1. The van der Waals surface area contributed by atoms with Crippen LogP contribution in [0.25, 0.3) is 0 Å². The smallest absolute Gasteiger partial charge is 0.223 e. The van der Waals surface area contributed by atoms with E-state index in [1.807, 2.05) is 12.1 Å². The Balaban J connectivity index is 1.75. The van der Waals surface area contributed by atoms with E-state index in [1.54, 1.807) is 12.1 Å². The molecule has 0 unspecified atom stereocenters. The Morgan fingerprint density at radius 2 is 2.30 bits per heavy atom. The maximum atomic E-state index is 11.9. The lowest BCUT2D eigenvalue weighted by Crippen LogP contribution is -2.32. The summed E-state index contributed by atoms with van der Waals surface area (Å²) in [6.45, 7) is 0.479. The van der Waals surface area contributed by atoms with E-state index in [0.29, 0.717) is 18.0 Å². The molecule has 2 atom stereocenters. The molecule has 0 radical (unpaired) electrons. The van der Waals surface area contributed by atoms with Crippen LogP contribution in [0.5, 0.6) is 0 Å². The van der Waals surface area contributed by atoms with Gasteiger partial charge >= 0.3 is 0 Å². The third kappa shape index (κ3) is 4.36. The zero-order valence-corrected chi connectivity index (χ0v) is 12.1. The lowest BCUT2D eigenvalue weighted by molar-refractivity contribution is -0.125. The largest absolute Gasteiger partial charge is 0.388 e. The Labute approximate surface area is 124 Å². The molecule has 2 N–H and O–H groups in total. The molecule has 0 saturated heterocycles. The average molecular weight is 294 g/mol. The minimum absolute atomic E-state index is 0.0864. The second-order valence-electron chi connectivity index (χ2n) is 5.13. The molecule has 0 spiro atoms. The molecule has 108 valence electrons. The fourth-order valence-electron chi connectivity index (χ4n) is 2.39. The zero-order chi connectivity index (χ0) is 14.4. The van der Waals surface area contributed by atoms with Crippen LogP contribution >= 0.6 is 11.6 Å². The molecule has 1 aromatic carbocycles. The number of halogens is 1. The molecule has 2 rings (SSSR count). The van der Waals surface area contributed by atoms with Crippen molar-refractivity contribution >= 4 is 17.5 Å². The van der Waals surface area contributed by atoms with Crippen LogP contribution in [0.3, 0.4) is 0 Å². The van der Waals surface area contributed by atoms with Crippen molar-refractivity contribution < 1.29 is 9.90 Å². The highest BCUT2D eigenvalue weighted by Crippen LogP contribution is 2.20. The Hall–Kier alpha value is -1.32. The van der Waals surface area contributed by atoms with Crippen LogP contribution in [-0.4, -0.2) is 17.6 Å². The van der Waals surface area contributed by atoms with Crippen LogP contribution in [0.1, 0.15) is 37.4 Å². The molecule has 20 heavy (non-hydrogen) atoms. The molecule has 4 heteroatoms. The van der Waals surface area contributed by atoms with Gasteiger partial charge in [0.1, 0.15) is 0 Å². The molecule has 3 nitrogen and oxygen atoms in total. The highest BCUT2D eigenvalue weighted by molar-refractivity contribution is 6.30. The Kier molecular flexibility index (Phi) is 5.62. The number of nitrogens with one attached hydrogen (secondary N) is 1. The van der Waals surface area contributed by atoms with E-state index in [-0.39, 0.29) is 11.8 Å². The van der Waals surface area contributed by atoms with Crippen molar-refractivity contribution in [2.75, 3.05) is 6.54 Å². The zero-order valence-electron chi connectivity index (χ0n) is 11.4. The summed E-state index contributed by atoms with van der Waals surface area (Å²) >= 11 is 5.89. The summed E-state index contributed by atoms with van der Waals surface area (Å²) in [5, 5.41) is 13.6. The number of aliphatic hydroxyl groups is 1. The number of rotatable bonds is 5. The molecule has 0 saturated carbocycles. The van der Waals surface area contributed by atoms with E-state index in [0.717, 1.165) is 24.8 Å². The van der Waals surface area contributed by atoms with Gasteiger partial charge in [0.25, 0.3) is 0 Å². The molecule has 1 amide bonds. The first-order valence-corrected chi connectivity index (χ1v) is 7.41. The average Bonchev–Trinajstić information content (AvgIpc) is 2.48. The second kappa shape index (κ2) is 7.46. The summed E-state index contributed by atoms with van der Waals surface area (Å²) in [5.41, 5.74) is 0.785. The van der Waals surface area contributed by atoms with Gasteiger partial charge in [-0.05, 0) is 43.4 Å². The van der Waals surface area contributed by atoms with E-state index in [1.165, 1.54) is 0 Å². The van der Waals surface area contributed by atoms with Gasteiger partial charge in [0.05, 0.1) is 6.10 Å². The third-order valence-electron chi connectivity index (χ3n) is 3.59. The number of allylic oxidation sites excluding steroid dienone is 2. The van der Waals surface area contributed by atoms with Gasteiger partial charge in [-0.1, -0.05) is 35.9 Å². The molecule has 0 heterocycles. The number of aliphatic hydroxyl groups excluding tert-OH is 1. The fraction of sp³-hybridized carbons (Fsp3) is 0.438. The van der Waals surface area contributed by atoms with Crippen molar-refractivity contribution in [1.82, 2.24) is 5.32 Å². The normalized spacial score (nSPS) is 19.6. The summed E-state index contributed by atoms with van der Waals surface area (Å²) in [5.74, 6) is 0.177. The van der Waals surface area contributed by atoms with Crippen LogP contribution in [0, 0.1) is 5.92 Å². The van der Waals surface area contributed by atoms with Gasteiger partial charge < -0.3 is 10.4 Å². The maximum absolute atomic E-state index is 11.9. The molecule has 0 fully saturated rings. The van der Waals surface area contributed by atoms with E-state index in [9.17, 15) is 9.90 Å². The first-order chi connectivity index (χ1) is 9.66. The van der Waals surface area contributed by atoms with E-state index < -0.39 is 6.10 Å². The summed E-state index contributed by atoms with van der Waals surface area (Å²) in [6, 6.07) is 7.17. The summed E-state index contributed by atoms with van der Waals surface area (Å²) < 4.78 is 0. The number of carbonyl (C=O) groups is 1. The monoisotopic (exact) mass is 293 g/mol. The van der Waals surface area contributed by atoms with E-state index in [4.69, 9.17) is 11.6 Å². The van der Waals surface area contributed by atoms with Crippen LogP contribution < -0.4 is 5.32 Å². The highest BCUT2D eigenvalue weighted by atomic mass is 35.5. The number of hydrogen-bond acceptors (Lipinski definition) is 2. The molecule has 1 aliphatic rings. The number of hydrogen-bond donors (Lipinski definition) is 2. The van der Waals surface area contributed by atoms with Crippen LogP contribution in [0.15, 0.2) is 36.4 Å². The SMILES string of the molecule is O=C(NCC[C@@H](O)c1cccc(Cl)c1)[C@H]1CC=CCC1. The third-order valence-corrected chi connectivity index (χ3v) is 3.83. The summed E-state index contributed by atoms with van der Waals surface area (Å²) in [4.78, 5) is 11.9. The van der Waals surface area contributed by atoms with Gasteiger partial charge in [0.15, 0.2) is 0 Å². The molecular formula is C16H20ClNO2. The van der Waals surface area contributed by atoms with Gasteiger partial charge in [0, 0.05) is 17.5 Å². The van der Waals surface area contributed by atoms with Crippen molar-refractivity contribution in [2.24, 2.45) is 5.92 Å². The van der Waals surface area contributed by atoms with Crippen LogP contribution in [0.4, 0.5) is 0 Å². The molecule has 0 bridgehead atoms. The minimum atomic E-state index is -0.597. The van der Waals surface area contributed by atoms with Crippen molar-refractivity contribution in [3.63, 3.8) is 0 Å². The molecule has 0 aliphatic heterocycles. The van der Waals surface area contributed by atoms with Gasteiger partial charge in [-0.3, -0.25) is 4.79 Å². The predicted molar refractivity (Wildman–Crippen MR) is 80.5 cm³/mol. The fourth-order valence-corrected chi connectivity index (χ4v) is 2.59. The van der Waals surface area contributed by atoms with Crippen molar-refractivity contribution in [1.29, 1.82) is 0 Å². The maximum Gasteiger partial charge on any atom is 0.223 e. The standard InChI is InChI=1S/C16H20ClNO2/c17-14-8-4-7-13(11-14)15(19)9-10-18-16(20)12-5-2-1-3-6-12/h1-2,4,7-8,11-12,15,19H,3,5-6,9-10H2,(H,18,20)/t12-,15+/m0/s1. The lowest BCUT2D eigenvalue weighted by atomic mass is 9.93. The molecule has 1 aromatic rings. The highest BCUT2D eigenvalue weighted by Gasteiger charge is 2.18. The lowest BCUT2D eigenvalue weighted by Gasteiger charge is -2.18. The van der Waals surface area contributed by atoms with Crippen molar-refractivity contribution in [3.8, 4) is 0 Å². The van der Waals surface area contributed by atoms with Gasteiger partial charge in [-0.2, -0.15) is 0 Å². The topological polar surface area (TPSA) is 49.3 Å². The van der Waals surface area contributed by atoms with Gasteiger partial charge in [0.2, 0.25) is 5.91 Å². The molecule has 0 aromatic heterocycles. The van der Waals surface area contributed by atoms with Crippen molar-refractivity contribution in [3.05, 3.63) is 47.0 Å². The van der Waals surface area contributed by atoms with Gasteiger partial charge in [-0.25, -0.2) is 0 Å². The Morgan fingerprint density at radius 3 is 3.00 bits per heavy atom. The minimum Gasteiger partial charge on any atom is -0.388 e. The number of carbonyl (C=O) groups excluding carboxylic acids is 1. The predicted octanol–water partition coefficient (Wildman–Crippen LogP) is 3.24. The summed E-state index contributed by atoms with van der Waals surface area (Å²) in [7, 11) is 0. The quantitative estimate of drug-likeness (QED) is 0.819. The van der Waals surface area contributed by atoms with E-state index in [2.05, 4.69) is 17.5 Å². The summed E-state index contributed by atoms with van der Waals surface area (Å²) in [6.07, 6.45) is 6.79. The first kappa shape index (κ1) is 15.1. The first-order valence-electron chi connectivity index (χ1n) is 7.03. The van der Waals surface area contributed by atoms with Crippen LogP contribution in [0.2, 0.25) is 5.02 Å². The van der Waals surface area contributed by atoms with Crippen molar-refractivity contribution in [2.45, 2.75) is 31.8 Å². The van der Waals surface area contributed by atoms with Gasteiger partial charge in [-0.15, -0.1) is 0 Å². The molecule has 1 aliphatic carbocycles. The Morgan fingerprint density at radius 1 is 1.45 bits per heavy atom. The Bertz CT molecular complexity index is 487. The van der Waals surface area contributed by atoms with E-state index >= 15 is 0 Å². The second-order valence-corrected chi connectivity index (χ2v) is 5.57.